The van der Waals surface area contributed by atoms with Gasteiger partial charge in [-0.05, 0) is 18.2 Å². The summed E-state index contributed by atoms with van der Waals surface area (Å²) in [6.07, 6.45) is 5.21. The van der Waals surface area contributed by atoms with Crippen molar-refractivity contribution in [2.24, 2.45) is 5.73 Å². The van der Waals surface area contributed by atoms with E-state index in [1.165, 1.54) is 0 Å². The van der Waals surface area contributed by atoms with E-state index in [1.807, 2.05) is 0 Å². The molecule has 0 aromatic carbocycles. The van der Waals surface area contributed by atoms with E-state index in [-0.39, 0.29) is 11.5 Å². The van der Waals surface area contributed by atoms with Crippen molar-refractivity contribution in [2.45, 2.75) is 13.3 Å². The number of primary amides is 1. The van der Waals surface area contributed by atoms with Crippen LogP contribution in [0.1, 0.15) is 34.3 Å². The van der Waals surface area contributed by atoms with Crippen LogP contribution in [-0.4, -0.2) is 26.6 Å². The third-order valence-corrected chi connectivity index (χ3v) is 3.53. The molecular weight excluding hydrogens is 292 g/mol. The summed E-state index contributed by atoms with van der Waals surface area (Å²) in [5, 5.41) is 0.793. The molecule has 3 rings (SSSR count). The number of fused-ring (bicyclic) bond motifs is 1. The van der Waals surface area contributed by atoms with Gasteiger partial charge in [-0.1, -0.05) is 13.0 Å². The molecule has 3 aromatic heterocycles. The molecule has 3 heterocycles. The van der Waals surface area contributed by atoms with E-state index in [0.29, 0.717) is 28.8 Å². The minimum atomic E-state index is -0.618. The maximum atomic E-state index is 11.7. The number of carbonyl (C=O) groups excluding carboxylic acids is 2. The smallest absolute Gasteiger partial charge is 0.267 e. The monoisotopic (exact) mass is 306 g/mol. The number of hydrogen-bond acceptors (Lipinski definition) is 5. The highest BCUT2D eigenvalue weighted by Gasteiger charge is 2.15. The predicted octanol–water partition coefficient (Wildman–Crippen LogP) is 2.38. The Labute approximate surface area is 132 Å². The van der Waals surface area contributed by atoms with Crippen molar-refractivity contribution < 1.29 is 9.59 Å². The molecule has 6 nitrogen and oxygen atoms in total. The second kappa shape index (κ2) is 5.92. The Bertz CT molecular complexity index is 904. The van der Waals surface area contributed by atoms with Gasteiger partial charge in [-0.3, -0.25) is 19.6 Å². The molecule has 0 saturated heterocycles. The van der Waals surface area contributed by atoms with Gasteiger partial charge in [0.15, 0.2) is 5.78 Å². The molecule has 1 amide bonds. The van der Waals surface area contributed by atoms with Gasteiger partial charge < -0.3 is 5.73 Å². The van der Waals surface area contributed by atoms with E-state index in [9.17, 15) is 9.59 Å². The van der Waals surface area contributed by atoms with Crippen molar-refractivity contribution in [3.8, 4) is 11.1 Å². The van der Waals surface area contributed by atoms with Crippen LogP contribution in [0.3, 0.4) is 0 Å². The van der Waals surface area contributed by atoms with Gasteiger partial charge in [0.05, 0.1) is 5.52 Å². The van der Waals surface area contributed by atoms with Crippen LogP contribution in [0.2, 0.25) is 0 Å². The molecule has 6 heteroatoms. The maximum Gasteiger partial charge on any atom is 0.267 e. The molecule has 0 fully saturated rings. The quantitative estimate of drug-likeness (QED) is 0.746. The molecule has 0 bridgehead atoms. The first-order chi connectivity index (χ1) is 11.1. The highest BCUT2D eigenvalue weighted by atomic mass is 16.1. The lowest BCUT2D eigenvalue weighted by atomic mass is 10.0. The van der Waals surface area contributed by atoms with E-state index in [0.717, 1.165) is 5.39 Å². The van der Waals surface area contributed by atoms with Gasteiger partial charge >= 0.3 is 0 Å². The fourth-order valence-corrected chi connectivity index (χ4v) is 2.32. The van der Waals surface area contributed by atoms with E-state index in [4.69, 9.17) is 5.73 Å². The van der Waals surface area contributed by atoms with Gasteiger partial charge in [-0.15, -0.1) is 0 Å². The van der Waals surface area contributed by atoms with Crippen LogP contribution in [0, 0.1) is 0 Å². The Morgan fingerprint density at radius 1 is 1.17 bits per heavy atom. The lowest BCUT2D eigenvalue weighted by molar-refractivity contribution is 0.0979. The van der Waals surface area contributed by atoms with Crippen LogP contribution >= 0.6 is 0 Å². The summed E-state index contributed by atoms with van der Waals surface area (Å²) in [5.41, 5.74) is 7.90. The highest BCUT2D eigenvalue weighted by Crippen LogP contribution is 2.26. The second-order valence-corrected chi connectivity index (χ2v) is 5.03. The van der Waals surface area contributed by atoms with Crippen LogP contribution in [0.15, 0.2) is 42.9 Å². The highest BCUT2D eigenvalue weighted by molar-refractivity contribution is 6.01. The summed E-state index contributed by atoms with van der Waals surface area (Å²) < 4.78 is 0. The van der Waals surface area contributed by atoms with Crippen LogP contribution in [0.25, 0.3) is 22.0 Å². The number of aromatic nitrogens is 3. The summed E-state index contributed by atoms with van der Waals surface area (Å²) in [6, 6.07) is 6.89. The standard InChI is InChI=1S/C17H14N4O2/c1-2-15(22)14-4-3-10(9-20-14)12-7-11-8-19-6-5-13(11)21-16(12)17(18)23/h3-9H,2H2,1H3,(H2,18,23). The van der Waals surface area contributed by atoms with E-state index >= 15 is 0 Å². The number of hydrogen-bond donors (Lipinski definition) is 1. The summed E-state index contributed by atoms with van der Waals surface area (Å²) in [6.45, 7) is 1.78. The second-order valence-electron chi connectivity index (χ2n) is 5.03. The molecule has 0 atom stereocenters. The summed E-state index contributed by atoms with van der Waals surface area (Å²) in [7, 11) is 0. The Balaban J connectivity index is 2.16. The molecule has 114 valence electrons. The molecular formula is C17H14N4O2. The zero-order valence-electron chi connectivity index (χ0n) is 12.5. The number of nitrogens with two attached hydrogens (primary N) is 1. The Hall–Kier alpha value is -3.15. The number of Topliss-reactive ketones (excluding diaryl/α,β-unsaturated/α-hetero) is 1. The van der Waals surface area contributed by atoms with Gasteiger partial charge in [-0.2, -0.15) is 0 Å². The average molecular weight is 306 g/mol. The molecule has 0 saturated carbocycles. The molecule has 2 N–H and O–H groups in total. The number of amides is 1. The SMILES string of the molecule is CCC(=O)c1ccc(-c2cc3cnccc3nc2C(N)=O)cn1. The van der Waals surface area contributed by atoms with Crippen LogP contribution < -0.4 is 5.73 Å². The van der Waals surface area contributed by atoms with E-state index < -0.39 is 5.91 Å². The van der Waals surface area contributed by atoms with E-state index in [2.05, 4.69) is 15.0 Å². The minimum absolute atomic E-state index is 0.0347. The van der Waals surface area contributed by atoms with Crippen LogP contribution in [-0.2, 0) is 0 Å². The van der Waals surface area contributed by atoms with Crippen molar-refractivity contribution in [1.29, 1.82) is 0 Å². The Morgan fingerprint density at radius 2 is 2.00 bits per heavy atom. The molecule has 0 aliphatic carbocycles. The van der Waals surface area contributed by atoms with Crippen molar-refractivity contribution >= 4 is 22.6 Å². The maximum absolute atomic E-state index is 11.7. The van der Waals surface area contributed by atoms with Crippen molar-refractivity contribution in [3.05, 3.63) is 54.2 Å². The average Bonchev–Trinajstić information content (AvgIpc) is 2.60. The van der Waals surface area contributed by atoms with Crippen molar-refractivity contribution in [3.63, 3.8) is 0 Å². The van der Waals surface area contributed by atoms with Gasteiger partial charge in [-0.25, -0.2) is 4.98 Å². The van der Waals surface area contributed by atoms with Crippen LogP contribution in [0.4, 0.5) is 0 Å². The van der Waals surface area contributed by atoms with Crippen molar-refractivity contribution in [2.75, 3.05) is 0 Å². The minimum Gasteiger partial charge on any atom is -0.364 e. The Morgan fingerprint density at radius 3 is 2.65 bits per heavy atom. The number of nitrogens with zero attached hydrogens (tertiary/aromatic N) is 3. The number of rotatable bonds is 4. The van der Waals surface area contributed by atoms with Gasteiger partial charge in [0.25, 0.3) is 5.91 Å². The van der Waals surface area contributed by atoms with Crippen LogP contribution in [0.5, 0.6) is 0 Å². The zero-order valence-corrected chi connectivity index (χ0v) is 12.5. The predicted molar refractivity (Wildman–Crippen MR) is 85.9 cm³/mol. The molecule has 0 aliphatic rings. The van der Waals surface area contributed by atoms with Gasteiger partial charge in [0.2, 0.25) is 0 Å². The Kier molecular flexibility index (Phi) is 3.80. The topological polar surface area (TPSA) is 98.8 Å². The number of carbonyl (C=O) groups is 2. The first-order valence-electron chi connectivity index (χ1n) is 7.14. The molecule has 0 aliphatic heterocycles. The largest absolute Gasteiger partial charge is 0.364 e. The third-order valence-electron chi connectivity index (χ3n) is 3.53. The zero-order chi connectivity index (χ0) is 16.4. The first kappa shape index (κ1) is 14.8. The molecule has 0 radical (unpaired) electrons. The molecule has 0 spiro atoms. The third kappa shape index (κ3) is 2.78. The summed E-state index contributed by atoms with van der Waals surface area (Å²) in [4.78, 5) is 35.9. The lowest BCUT2D eigenvalue weighted by Gasteiger charge is -2.08. The molecule has 23 heavy (non-hydrogen) atoms. The van der Waals surface area contributed by atoms with E-state index in [1.54, 1.807) is 49.8 Å². The van der Waals surface area contributed by atoms with Gasteiger partial charge in [0, 0.05) is 41.5 Å². The molecule has 3 aromatic rings. The van der Waals surface area contributed by atoms with Crippen molar-refractivity contribution in [1.82, 2.24) is 15.0 Å². The molecule has 0 unspecified atom stereocenters. The lowest BCUT2D eigenvalue weighted by Crippen LogP contribution is -2.15. The fraction of sp³-hybridized carbons (Fsp3) is 0.118. The number of pyridine rings is 3. The summed E-state index contributed by atoms with van der Waals surface area (Å²) in [5.74, 6) is -0.653. The van der Waals surface area contributed by atoms with Gasteiger partial charge in [0.1, 0.15) is 11.4 Å². The first-order valence-corrected chi connectivity index (χ1v) is 7.14. The normalized spacial score (nSPS) is 10.7. The number of ketones is 1. The summed E-state index contributed by atoms with van der Waals surface area (Å²) >= 11 is 0. The fourth-order valence-electron chi connectivity index (χ4n) is 2.32.